The highest BCUT2D eigenvalue weighted by Gasteiger charge is 2.15. The van der Waals surface area contributed by atoms with Crippen LogP contribution in [0.25, 0.3) is 16.1 Å². The summed E-state index contributed by atoms with van der Waals surface area (Å²) in [6.45, 7) is 15.3. The third-order valence-corrected chi connectivity index (χ3v) is 6.10. The third-order valence-electron chi connectivity index (χ3n) is 5.80. The van der Waals surface area contributed by atoms with Gasteiger partial charge in [-0.1, -0.05) is 29.8 Å². The number of aromatic nitrogens is 2. The molecular weight excluding hydrogens is 464 g/mol. The summed E-state index contributed by atoms with van der Waals surface area (Å²) in [5.41, 5.74) is 6.72. The van der Waals surface area contributed by atoms with E-state index < -0.39 is 5.97 Å². The number of aliphatic carboxylic acids is 1. The van der Waals surface area contributed by atoms with E-state index >= 15 is 0 Å². The van der Waals surface area contributed by atoms with Crippen LogP contribution in [-0.2, 0) is 16.1 Å². The van der Waals surface area contributed by atoms with Gasteiger partial charge < -0.3 is 14.7 Å². The topological polar surface area (TPSA) is 72.0 Å². The van der Waals surface area contributed by atoms with Crippen LogP contribution in [0.1, 0.15) is 37.3 Å². The first-order valence-electron chi connectivity index (χ1n) is 11.7. The highest BCUT2D eigenvalue weighted by molar-refractivity contribution is 6.33. The minimum Gasteiger partial charge on any atom is -0.480 e. The van der Waals surface area contributed by atoms with E-state index in [1.165, 1.54) is 0 Å². The Morgan fingerprint density at radius 3 is 2.66 bits per heavy atom. The Balaban J connectivity index is 1.73. The first-order valence-corrected chi connectivity index (χ1v) is 12.1. The van der Waals surface area contributed by atoms with E-state index in [9.17, 15) is 4.79 Å². The van der Waals surface area contributed by atoms with E-state index in [4.69, 9.17) is 33.1 Å². The number of carboxylic acid groups (broad SMARTS) is 1. The van der Waals surface area contributed by atoms with Gasteiger partial charge in [0.15, 0.2) is 0 Å². The molecule has 0 aliphatic rings. The Morgan fingerprint density at radius 2 is 1.97 bits per heavy atom. The Hall–Kier alpha value is -3.34. The van der Waals surface area contributed by atoms with Gasteiger partial charge in [-0.05, 0) is 69.4 Å². The zero-order valence-electron chi connectivity index (χ0n) is 20.4. The van der Waals surface area contributed by atoms with Crippen molar-refractivity contribution in [2.24, 2.45) is 0 Å². The second kappa shape index (κ2) is 12.4. The predicted octanol–water partition coefficient (Wildman–Crippen LogP) is 6.80. The van der Waals surface area contributed by atoms with Gasteiger partial charge in [-0.3, -0.25) is 4.68 Å². The molecule has 184 valence electrons. The van der Waals surface area contributed by atoms with E-state index in [0.29, 0.717) is 17.3 Å². The summed E-state index contributed by atoms with van der Waals surface area (Å²) >= 11 is 6.31. The van der Waals surface area contributed by atoms with Crippen LogP contribution in [0.15, 0.2) is 42.6 Å². The van der Waals surface area contributed by atoms with Crippen molar-refractivity contribution in [2.75, 3.05) is 24.7 Å². The van der Waals surface area contributed by atoms with Crippen LogP contribution in [0.5, 0.6) is 0 Å². The number of unbranched alkanes of at least 4 members (excludes halogenated alkanes) is 2. The summed E-state index contributed by atoms with van der Waals surface area (Å²) < 4.78 is 7.06. The number of benzene rings is 2. The molecule has 3 aromatic rings. The highest BCUT2D eigenvalue weighted by atomic mass is 35.5. The maximum Gasteiger partial charge on any atom is 0.329 e. The Labute approximate surface area is 211 Å². The van der Waals surface area contributed by atoms with E-state index in [2.05, 4.69) is 54.9 Å². The van der Waals surface area contributed by atoms with Crippen LogP contribution in [0, 0.1) is 20.4 Å². The summed E-state index contributed by atoms with van der Waals surface area (Å²) in [4.78, 5) is 16.1. The minimum absolute atomic E-state index is 0.241. The molecular formula is C27H31ClN4O3. The minimum atomic E-state index is -0.937. The molecule has 8 heteroatoms. The summed E-state index contributed by atoms with van der Waals surface area (Å²) in [6.07, 6.45) is 4.79. The normalized spacial score (nSPS) is 10.8. The molecule has 3 rings (SSSR count). The maximum absolute atomic E-state index is 10.5. The largest absolute Gasteiger partial charge is 0.480 e. The lowest BCUT2D eigenvalue weighted by Gasteiger charge is -2.26. The first-order chi connectivity index (χ1) is 16.8. The fourth-order valence-electron chi connectivity index (χ4n) is 4.03. The Bertz CT molecular complexity index is 1220. The molecule has 0 saturated heterocycles. The molecule has 0 atom stereocenters. The molecule has 0 bridgehead atoms. The van der Waals surface area contributed by atoms with Gasteiger partial charge in [-0.15, -0.1) is 0 Å². The number of rotatable bonds is 12. The molecule has 2 aromatic carbocycles. The number of nitrogens with zero attached hydrogens (tertiary/aromatic N) is 4. The van der Waals surface area contributed by atoms with E-state index in [-0.39, 0.29) is 6.61 Å². The maximum atomic E-state index is 10.5. The van der Waals surface area contributed by atoms with Gasteiger partial charge in [-0.25, -0.2) is 9.64 Å². The molecule has 1 aromatic heterocycles. The lowest BCUT2D eigenvalue weighted by molar-refractivity contribution is -0.142. The Kier molecular flexibility index (Phi) is 9.30. The number of aryl methyl sites for hydroxylation is 3. The number of anilines is 2. The van der Waals surface area contributed by atoms with Crippen LogP contribution < -0.4 is 4.90 Å². The summed E-state index contributed by atoms with van der Waals surface area (Å²) in [6, 6.07) is 11.9. The van der Waals surface area contributed by atoms with Gasteiger partial charge >= 0.3 is 5.97 Å². The molecule has 35 heavy (non-hydrogen) atoms. The van der Waals surface area contributed by atoms with E-state index in [1.54, 1.807) is 6.07 Å². The molecule has 0 spiro atoms. The lowest BCUT2D eigenvalue weighted by atomic mass is 10.0. The Morgan fingerprint density at radius 1 is 1.17 bits per heavy atom. The van der Waals surface area contributed by atoms with Gasteiger partial charge in [0.25, 0.3) is 0 Å². The van der Waals surface area contributed by atoms with Gasteiger partial charge in [-0.2, -0.15) is 5.10 Å². The van der Waals surface area contributed by atoms with Gasteiger partial charge in [0, 0.05) is 47.9 Å². The number of carboxylic acids is 1. The zero-order chi connectivity index (χ0) is 25.4. The van der Waals surface area contributed by atoms with Crippen molar-refractivity contribution in [3.05, 3.63) is 70.2 Å². The van der Waals surface area contributed by atoms with E-state index in [1.807, 2.05) is 16.8 Å². The van der Waals surface area contributed by atoms with Crippen molar-refractivity contribution in [3.63, 3.8) is 0 Å². The molecule has 0 aliphatic heterocycles. The van der Waals surface area contributed by atoms with Crippen molar-refractivity contribution in [3.8, 4) is 11.3 Å². The van der Waals surface area contributed by atoms with Gasteiger partial charge in [0.1, 0.15) is 6.61 Å². The average molecular weight is 495 g/mol. The van der Waals surface area contributed by atoms with E-state index in [0.717, 1.165) is 66.1 Å². The number of ether oxygens (including phenoxy) is 1. The second-order valence-corrected chi connectivity index (χ2v) is 8.83. The van der Waals surface area contributed by atoms with Crippen LogP contribution >= 0.6 is 11.6 Å². The van der Waals surface area contributed by atoms with Crippen LogP contribution in [0.3, 0.4) is 0 Å². The third kappa shape index (κ3) is 6.84. The lowest BCUT2D eigenvalue weighted by Crippen LogP contribution is -2.17. The van der Waals surface area contributed by atoms with Crippen molar-refractivity contribution in [2.45, 2.75) is 46.6 Å². The first kappa shape index (κ1) is 26.3. The zero-order valence-corrected chi connectivity index (χ0v) is 21.2. The molecule has 0 fully saturated rings. The van der Waals surface area contributed by atoms with Crippen molar-refractivity contribution in [1.29, 1.82) is 0 Å². The molecule has 7 nitrogen and oxygen atoms in total. The van der Waals surface area contributed by atoms with Crippen molar-refractivity contribution in [1.82, 2.24) is 9.78 Å². The van der Waals surface area contributed by atoms with Gasteiger partial charge in [0.2, 0.25) is 5.69 Å². The number of halogens is 1. The van der Waals surface area contributed by atoms with Crippen LogP contribution in [0.4, 0.5) is 17.1 Å². The average Bonchev–Trinajstić information content (AvgIpc) is 3.20. The smallest absolute Gasteiger partial charge is 0.329 e. The predicted molar refractivity (Wildman–Crippen MR) is 140 cm³/mol. The SMILES string of the molecule is [C-]#[N+]c1ccc(N(CC)c2cc(-c3nn(CCCCCOCC(=O)O)cc3C)ccc2C)cc1Cl. The fraction of sp³-hybridized carbons (Fsp3) is 0.370. The second-order valence-electron chi connectivity index (χ2n) is 8.42. The number of hydrogen-bond donors (Lipinski definition) is 1. The summed E-state index contributed by atoms with van der Waals surface area (Å²) in [5, 5.41) is 13.9. The van der Waals surface area contributed by atoms with Crippen molar-refractivity contribution < 1.29 is 14.6 Å². The monoisotopic (exact) mass is 494 g/mol. The molecule has 0 aliphatic carbocycles. The van der Waals surface area contributed by atoms with Crippen LogP contribution in [0.2, 0.25) is 5.02 Å². The summed E-state index contributed by atoms with van der Waals surface area (Å²) in [5.74, 6) is -0.937. The van der Waals surface area contributed by atoms with Gasteiger partial charge in [0.05, 0.1) is 12.3 Å². The molecule has 0 saturated carbocycles. The highest BCUT2D eigenvalue weighted by Crippen LogP contribution is 2.36. The standard InChI is InChI=1S/C27H31ClN4O3/c1-5-32(22-11-12-24(29-4)23(28)16-22)25-15-21(10-9-19(25)2)27-20(3)17-31(30-27)13-7-6-8-14-35-18-26(33)34/h9-12,15-17H,5-8,13-14,18H2,1-3H3,(H,33,34). The van der Waals surface area contributed by atoms with Crippen LogP contribution in [-0.4, -0.2) is 40.6 Å². The molecule has 0 unspecified atom stereocenters. The number of hydrogen-bond acceptors (Lipinski definition) is 4. The molecule has 1 N–H and O–H groups in total. The molecule has 0 amide bonds. The quantitative estimate of drug-likeness (QED) is 0.221. The molecule has 0 radical (unpaired) electrons. The fourth-order valence-corrected chi connectivity index (χ4v) is 4.25. The number of carbonyl (C=O) groups is 1. The summed E-state index contributed by atoms with van der Waals surface area (Å²) in [7, 11) is 0. The van der Waals surface area contributed by atoms with Crippen molar-refractivity contribution >= 4 is 34.6 Å². The molecule has 1 heterocycles.